The lowest BCUT2D eigenvalue weighted by Crippen LogP contribution is -2.47. The zero-order valence-corrected chi connectivity index (χ0v) is 12.9. The number of aromatic nitrogens is 1. The molecule has 0 atom stereocenters. The minimum atomic E-state index is -0.263. The highest BCUT2D eigenvalue weighted by Gasteiger charge is 2.26. The molecule has 112 valence electrons. The summed E-state index contributed by atoms with van der Waals surface area (Å²) in [6.07, 6.45) is 2.74. The second-order valence-corrected chi connectivity index (χ2v) is 6.64. The van der Waals surface area contributed by atoms with Crippen molar-refractivity contribution in [1.82, 2.24) is 9.88 Å². The maximum Gasteiger partial charge on any atom is 0.185 e. The topological polar surface area (TPSA) is 78.0 Å². The SMILES string of the molecule is CC(C)(CCN1CCN(c2nccs2)CC1)C(N)=NO. The highest BCUT2D eigenvalue weighted by molar-refractivity contribution is 7.13. The van der Waals surface area contributed by atoms with Gasteiger partial charge in [0.25, 0.3) is 0 Å². The molecule has 3 N–H and O–H groups in total. The van der Waals surface area contributed by atoms with Gasteiger partial charge in [-0.05, 0) is 13.0 Å². The normalized spacial score (nSPS) is 18.5. The van der Waals surface area contributed by atoms with E-state index in [-0.39, 0.29) is 5.41 Å². The van der Waals surface area contributed by atoms with Gasteiger partial charge in [-0.1, -0.05) is 19.0 Å². The second kappa shape index (κ2) is 6.41. The molecule has 0 bridgehead atoms. The third-order valence-corrected chi connectivity index (χ3v) is 4.75. The van der Waals surface area contributed by atoms with E-state index < -0.39 is 0 Å². The summed E-state index contributed by atoms with van der Waals surface area (Å²) in [5.74, 6) is 0.305. The van der Waals surface area contributed by atoms with E-state index in [0.29, 0.717) is 5.84 Å². The van der Waals surface area contributed by atoms with Crippen molar-refractivity contribution in [3.63, 3.8) is 0 Å². The minimum absolute atomic E-state index is 0.263. The number of thiazole rings is 1. The number of hydrogen-bond donors (Lipinski definition) is 2. The number of piperazine rings is 1. The summed E-state index contributed by atoms with van der Waals surface area (Å²) in [5, 5.41) is 15.0. The van der Waals surface area contributed by atoms with E-state index in [1.165, 1.54) is 0 Å². The third-order valence-electron chi connectivity index (χ3n) is 3.92. The molecule has 1 aromatic rings. The fourth-order valence-electron chi connectivity index (χ4n) is 2.24. The molecule has 20 heavy (non-hydrogen) atoms. The zero-order chi connectivity index (χ0) is 14.6. The molecular weight excluding hydrogens is 274 g/mol. The van der Waals surface area contributed by atoms with Crippen molar-refractivity contribution >= 4 is 22.3 Å². The predicted octanol–water partition coefficient (Wildman–Crippen LogP) is 1.43. The lowest BCUT2D eigenvalue weighted by Gasteiger charge is -2.36. The van der Waals surface area contributed by atoms with Gasteiger partial charge in [-0.25, -0.2) is 4.98 Å². The first-order valence-corrected chi connectivity index (χ1v) is 7.76. The Bertz CT molecular complexity index is 438. The van der Waals surface area contributed by atoms with Gasteiger partial charge in [-0.15, -0.1) is 11.3 Å². The van der Waals surface area contributed by atoms with Crippen LogP contribution in [0.3, 0.4) is 0 Å². The highest BCUT2D eigenvalue weighted by atomic mass is 32.1. The smallest absolute Gasteiger partial charge is 0.185 e. The van der Waals surface area contributed by atoms with Gasteiger partial charge in [0.1, 0.15) is 5.84 Å². The Morgan fingerprint density at radius 3 is 2.70 bits per heavy atom. The van der Waals surface area contributed by atoms with Crippen molar-refractivity contribution in [2.75, 3.05) is 37.6 Å². The molecule has 1 fully saturated rings. The molecule has 6 nitrogen and oxygen atoms in total. The average molecular weight is 297 g/mol. The van der Waals surface area contributed by atoms with Crippen LogP contribution in [-0.2, 0) is 0 Å². The maximum atomic E-state index is 8.78. The highest BCUT2D eigenvalue weighted by Crippen LogP contribution is 2.22. The zero-order valence-electron chi connectivity index (χ0n) is 12.1. The average Bonchev–Trinajstić information content (AvgIpc) is 2.99. The molecule has 0 radical (unpaired) electrons. The van der Waals surface area contributed by atoms with Gasteiger partial charge in [0.2, 0.25) is 0 Å². The monoisotopic (exact) mass is 297 g/mol. The van der Waals surface area contributed by atoms with Gasteiger partial charge in [0, 0.05) is 43.2 Å². The third kappa shape index (κ3) is 3.61. The maximum absolute atomic E-state index is 8.78. The summed E-state index contributed by atoms with van der Waals surface area (Å²) >= 11 is 1.69. The van der Waals surface area contributed by atoms with Crippen LogP contribution in [0.5, 0.6) is 0 Å². The van der Waals surface area contributed by atoms with Crippen LogP contribution in [0.25, 0.3) is 0 Å². The number of oxime groups is 1. The summed E-state index contributed by atoms with van der Waals surface area (Å²) in [6.45, 7) is 9.07. The molecule has 2 heterocycles. The lowest BCUT2D eigenvalue weighted by atomic mass is 9.88. The fourth-order valence-corrected chi connectivity index (χ4v) is 2.93. The first kappa shape index (κ1) is 15.1. The fraction of sp³-hybridized carbons (Fsp3) is 0.692. The van der Waals surface area contributed by atoms with E-state index >= 15 is 0 Å². The lowest BCUT2D eigenvalue weighted by molar-refractivity contribution is 0.229. The molecule has 1 saturated heterocycles. The number of anilines is 1. The predicted molar refractivity (Wildman–Crippen MR) is 82.6 cm³/mol. The molecule has 1 aromatic heterocycles. The molecule has 0 amide bonds. The standard InChI is InChI=1S/C13H23N5OS/c1-13(2,11(14)16-19)3-5-17-6-8-18(9-7-17)12-15-4-10-20-12/h4,10,19H,3,5-9H2,1-2H3,(H2,14,16). The van der Waals surface area contributed by atoms with Crippen molar-refractivity contribution in [2.24, 2.45) is 16.3 Å². The Kier molecular flexibility index (Phi) is 4.82. The molecule has 2 rings (SSSR count). The minimum Gasteiger partial charge on any atom is -0.409 e. The molecule has 0 aromatic carbocycles. The van der Waals surface area contributed by atoms with E-state index in [9.17, 15) is 0 Å². The summed E-state index contributed by atoms with van der Waals surface area (Å²) in [7, 11) is 0. The number of rotatable bonds is 5. The first-order chi connectivity index (χ1) is 9.53. The van der Waals surface area contributed by atoms with Gasteiger partial charge in [-0.3, -0.25) is 4.90 Å². The van der Waals surface area contributed by atoms with Crippen molar-refractivity contribution < 1.29 is 5.21 Å². The first-order valence-electron chi connectivity index (χ1n) is 6.88. The van der Waals surface area contributed by atoms with Gasteiger partial charge in [-0.2, -0.15) is 0 Å². The van der Waals surface area contributed by atoms with Crippen molar-refractivity contribution in [1.29, 1.82) is 0 Å². The van der Waals surface area contributed by atoms with Crippen LogP contribution in [0.1, 0.15) is 20.3 Å². The molecule has 0 spiro atoms. The van der Waals surface area contributed by atoms with Crippen LogP contribution < -0.4 is 10.6 Å². The van der Waals surface area contributed by atoms with Crippen LogP contribution in [0.4, 0.5) is 5.13 Å². The number of amidine groups is 1. The van der Waals surface area contributed by atoms with E-state index in [4.69, 9.17) is 10.9 Å². The second-order valence-electron chi connectivity index (χ2n) is 5.76. The summed E-state index contributed by atoms with van der Waals surface area (Å²) in [6, 6.07) is 0. The summed E-state index contributed by atoms with van der Waals surface area (Å²) in [4.78, 5) is 9.11. The largest absolute Gasteiger partial charge is 0.409 e. The number of hydrogen-bond acceptors (Lipinski definition) is 6. The Hall–Kier alpha value is -1.34. The molecule has 0 aliphatic carbocycles. The Labute approximate surface area is 123 Å². The number of nitrogens with zero attached hydrogens (tertiary/aromatic N) is 4. The van der Waals surface area contributed by atoms with Crippen LogP contribution in [0, 0.1) is 5.41 Å². The van der Waals surface area contributed by atoms with E-state index in [1.807, 2.05) is 25.4 Å². The van der Waals surface area contributed by atoms with Gasteiger partial charge in [0.15, 0.2) is 5.13 Å². The van der Waals surface area contributed by atoms with Crippen molar-refractivity contribution in [2.45, 2.75) is 20.3 Å². The van der Waals surface area contributed by atoms with Crippen LogP contribution in [0.15, 0.2) is 16.7 Å². The van der Waals surface area contributed by atoms with Gasteiger partial charge in [0.05, 0.1) is 0 Å². The molecular formula is C13H23N5OS. The van der Waals surface area contributed by atoms with Gasteiger partial charge < -0.3 is 15.8 Å². The van der Waals surface area contributed by atoms with Crippen molar-refractivity contribution in [3.8, 4) is 0 Å². The van der Waals surface area contributed by atoms with E-state index in [1.54, 1.807) is 11.3 Å². The Morgan fingerprint density at radius 2 is 2.15 bits per heavy atom. The quantitative estimate of drug-likeness (QED) is 0.372. The Balaban J connectivity index is 1.78. The molecule has 1 aliphatic rings. The molecule has 7 heteroatoms. The number of nitrogens with two attached hydrogens (primary N) is 1. The van der Waals surface area contributed by atoms with Crippen molar-refractivity contribution in [3.05, 3.63) is 11.6 Å². The van der Waals surface area contributed by atoms with E-state index in [2.05, 4.69) is 19.9 Å². The van der Waals surface area contributed by atoms with Crippen LogP contribution in [0.2, 0.25) is 0 Å². The summed E-state index contributed by atoms with van der Waals surface area (Å²) < 4.78 is 0. The molecule has 1 aliphatic heterocycles. The molecule has 0 unspecified atom stereocenters. The van der Waals surface area contributed by atoms with Crippen LogP contribution >= 0.6 is 11.3 Å². The summed E-state index contributed by atoms with van der Waals surface area (Å²) in [5.41, 5.74) is 5.46. The van der Waals surface area contributed by atoms with Gasteiger partial charge >= 0.3 is 0 Å². The molecule has 0 saturated carbocycles. The van der Waals surface area contributed by atoms with E-state index in [0.717, 1.165) is 44.3 Å². The van der Waals surface area contributed by atoms with Crippen LogP contribution in [-0.4, -0.2) is 53.7 Å². The Morgan fingerprint density at radius 1 is 1.45 bits per heavy atom.